The molecule has 5 atom stereocenters. The molecule has 1 saturated carbocycles. The van der Waals surface area contributed by atoms with Gasteiger partial charge in [-0.2, -0.15) is 0 Å². The summed E-state index contributed by atoms with van der Waals surface area (Å²) in [7, 11) is 0. The summed E-state index contributed by atoms with van der Waals surface area (Å²) < 4.78 is 0. The normalized spacial score (nSPS) is 27.4. The molecule has 4 nitrogen and oxygen atoms in total. The molecule has 0 radical (unpaired) electrons. The summed E-state index contributed by atoms with van der Waals surface area (Å²) >= 11 is 0. The maximum absolute atomic E-state index is 10.7. The number of hydrogen-bond acceptors (Lipinski definition) is 3. The van der Waals surface area contributed by atoms with Crippen molar-refractivity contribution in [3.63, 3.8) is 0 Å². The zero-order chi connectivity index (χ0) is 21.4. The molecule has 0 amide bonds. The molecule has 0 aliphatic heterocycles. The smallest absolute Gasteiger partial charge is 0.303 e. The Balaban J connectivity index is 1.79. The van der Waals surface area contributed by atoms with E-state index in [0.29, 0.717) is 29.9 Å². The summed E-state index contributed by atoms with van der Waals surface area (Å²) in [5.41, 5.74) is 2.74. The van der Waals surface area contributed by atoms with E-state index >= 15 is 0 Å². The van der Waals surface area contributed by atoms with E-state index in [1.807, 2.05) is 6.08 Å². The molecule has 1 unspecified atom stereocenters. The van der Waals surface area contributed by atoms with Crippen molar-refractivity contribution in [3.8, 4) is 0 Å². The van der Waals surface area contributed by atoms with Crippen LogP contribution in [0, 0.1) is 23.7 Å². The van der Waals surface area contributed by atoms with Crippen molar-refractivity contribution in [2.45, 2.75) is 91.1 Å². The van der Waals surface area contributed by atoms with Crippen molar-refractivity contribution in [2.75, 3.05) is 0 Å². The van der Waals surface area contributed by atoms with Gasteiger partial charge < -0.3 is 15.3 Å². The molecule has 0 bridgehead atoms. The second-order valence-electron chi connectivity index (χ2n) is 9.46. The maximum atomic E-state index is 10.7. The highest BCUT2D eigenvalue weighted by atomic mass is 16.4. The van der Waals surface area contributed by atoms with E-state index in [2.05, 4.69) is 32.9 Å². The standard InChI is InChI=1S/C25H40O4/c1-17(2)8-6-9-18(3)10-7-12-22(26)25-21-15-19(11-4-5-13-24(28)29)14-20(21)16-23(25)27/h8,12,14,18,20-21,23,25-27H,4-7,9-11,13,15-16H2,1-3H3,(H,28,29)/t18?,20-,21-,23+,25-/m1/s1. The van der Waals surface area contributed by atoms with Gasteiger partial charge in [-0.05, 0) is 95.5 Å². The summed E-state index contributed by atoms with van der Waals surface area (Å²) in [5, 5.41) is 29.9. The first-order chi connectivity index (χ1) is 13.8. The lowest BCUT2D eigenvalue weighted by Gasteiger charge is -2.21. The third-order valence-electron chi connectivity index (χ3n) is 6.59. The Labute approximate surface area is 176 Å². The molecule has 0 spiro atoms. The van der Waals surface area contributed by atoms with E-state index in [-0.39, 0.29) is 12.3 Å². The Bertz CT molecular complexity index is 627. The van der Waals surface area contributed by atoms with E-state index in [0.717, 1.165) is 44.9 Å². The molecule has 2 aliphatic rings. The minimum Gasteiger partial charge on any atom is -0.512 e. The number of carbonyl (C=O) groups is 1. The summed E-state index contributed by atoms with van der Waals surface area (Å²) in [5.74, 6) is 0.776. The molecule has 3 N–H and O–H groups in total. The van der Waals surface area contributed by atoms with Crippen molar-refractivity contribution in [1.82, 2.24) is 0 Å². The van der Waals surface area contributed by atoms with Crippen molar-refractivity contribution >= 4 is 5.97 Å². The van der Waals surface area contributed by atoms with Gasteiger partial charge in [-0.3, -0.25) is 4.79 Å². The number of rotatable bonds is 12. The van der Waals surface area contributed by atoms with Crippen molar-refractivity contribution in [1.29, 1.82) is 0 Å². The summed E-state index contributed by atoms with van der Waals surface area (Å²) in [6.07, 6.45) is 14.7. The van der Waals surface area contributed by atoms with Crippen LogP contribution in [0.5, 0.6) is 0 Å². The molecule has 0 aromatic carbocycles. The second-order valence-corrected chi connectivity index (χ2v) is 9.46. The minimum atomic E-state index is -0.730. The van der Waals surface area contributed by atoms with Gasteiger partial charge in [0, 0.05) is 12.3 Å². The third kappa shape index (κ3) is 7.65. The number of aliphatic hydroxyl groups is 2. The molecule has 29 heavy (non-hydrogen) atoms. The number of carboxylic acid groups (broad SMARTS) is 1. The topological polar surface area (TPSA) is 77.8 Å². The van der Waals surface area contributed by atoms with Crippen LogP contribution in [0.2, 0.25) is 0 Å². The van der Waals surface area contributed by atoms with Crippen LogP contribution >= 0.6 is 0 Å². The lowest BCUT2D eigenvalue weighted by molar-refractivity contribution is -0.137. The number of fused-ring (bicyclic) bond motifs is 1. The first kappa shape index (κ1) is 23.7. The lowest BCUT2D eigenvalue weighted by Crippen LogP contribution is -2.21. The highest BCUT2D eigenvalue weighted by molar-refractivity contribution is 5.66. The molecule has 0 heterocycles. The van der Waals surface area contributed by atoms with Crippen LogP contribution in [0.3, 0.4) is 0 Å². The molecule has 0 aromatic heterocycles. The minimum absolute atomic E-state index is 0.145. The molecule has 2 aliphatic carbocycles. The van der Waals surface area contributed by atoms with Crippen LogP contribution < -0.4 is 0 Å². The Hall–Kier alpha value is -1.55. The van der Waals surface area contributed by atoms with E-state index in [4.69, 9.17) is 5.11 Å². The summed E-state index contributed by atoms with van der Waals surface area (Å²) in [6, 6.07) is 0. The van der Waals surface area contributed by atoms with E-state index in [1.165, 1.54) is 17.6 Å². The fourth-order valence-corrected chi connectivity index (χ4v) is 4.98. The Kier molecular flexibility index (Phi) is 9.48. The van der Waals surface area contributed by atoms with Gasteiger partial charge in [0.25, 0.3) is 0 Å². The predicted octanol–water partition coefficient (Wildman–Crippen LogP) is 6.18. The maximum Gasteiger partial charge on any atom is 0.303 e. The van der Waals surface area contributed by atoms with Crippen LogP contribution in [0.15, 0.2) is 35.1 Å². The third-order valence-corrected chi connectivity index (χ3v) is 6.59. The number of aliphatic carboxylic acids is 1. The highest BCUT2D eigenvalue weighted by Gasteiger charge is 2.46. The molecule has 164 valence electrons. The molecule has 4 heteroatoms. The lowest BCUT2D eigenvalue weighted by atomic mass is 9.87. The second kappa shape index (κ2) is 11.6. The van der Waals surface area contributed by atoms with Crippen molar-refractivity contribution in [2.24, 2.45) is 23.7 Å². The van der Waals surface area contributed by atoms with Gasteiger partial charge in [0.05, 0.1) is 11.9 Å². The first-order valence-corrected chi connectivity index (χ1v) is 11.4. The SMILES string of the molecule is CC(C)=CCCC(C)CCC=C(O)[C@H]1[C@@H]2CC(CCCCC(=O)O)=C[C@@H]2C[C@@H]1O. The average molecular weight is 405 g/mol. The largest absolute Gasteiger partial charge is 0.512 e. The van der Waals surface area contributed by atoms with Gasteiger partial charge in [-0.1, -0.05) is 30.2 Å². The number of unbranched alkanes of at least 4 members (excludes halogenated alkanes) is 1. The molecule has 1 fully saturated rings. The summed E-state index contributed by atoms with van der Waals surface area (Å²) in [4.78, 5) is 10.6. The Morgan fingerprint density at radius 3 is 2.52 bits per heavy atom. The first-order valence-electron chi connectivity index (χ1n) is 11.4. The van der Waals surface area contributed by atoms with Crippen LogP contribution in [0.1, 0.15) is 85.0 Å². The van der Waals surface area contributed by atoms with Crippen LogP contribution in [0.4, 0.5) is 0 Å². The van der Waals surface area contributed by atoms with Gasteiger partial charge in [-0.25, -0.2) is 0 Å². The number of aliphatic hydroxyl groups excluding tert-OH is 2. The molecule has 0 saturated heterocycles. The Morgan fingerprint density at radius 2 is 1.86 bits per heavy atom. The highest BCUT2D eigenvalue weighted by Crippen LogP contribution is 2.49. The number of allylic oxidation sites excluding steroid dienone is 5. The van der Waals surface area contributed by atoms with Gasteiger partial charge in [-0.15, -0.1) is 0 Å². The van der Waals surface area contributed by atoms with E-state index in [9.17, 15) is 15.0 Å². The van der Waals surface area contributed by atoms with Gasteiger partial charge in [0.2, 0.25) is 0 Å². The van der Waals surface area contributed by atoms with Crippen LogP contribution in [0.25, 0.3) is 0 Å². The predicted molar refractivity (Wildman–Crippen MR) is 118 cm³/mol. The molecular formula is C25H40O4. The van der Waals surface area contributed by atoms with Crippen LogP contribution in [-0.2, 0) is 4.79 Å². The quantitative estimate of drug-likeness (QED) is 0.206. The van der Waals surface area contributed by atoms with Gasteiger partial charge in [0.15, 0.2) is 0 Å². The summed E-state index contributed by atoms with van der Waals surface area (Å²) in [6.45, 7) is 6.53. The molecule has 0 aromatic rings. The fraction of sp³-hybridized carbons (Fsp3) is 0.720. The number of hydrogen-bond donors (Lipinski definition) is 3. The van der Waals surface area contributed by atoms with Gasteiger partial charge in [0.1, 0.15) is 0 Å². The van der Waals surface area contributed by atoms with Crippen molar-refractivity contribution < 1.29 is 20.1 Å². The fourth-order valence-electron chi connectivity index (χ4n) is 4.98. The number of carboxylic acids is 1. The van der Waals surface area contributed by atoms with Crippen molar-refractivity contribution in [3.05, 3.63) is 35.1 Å². The molecular weight excluding hydrogens is 364 g/mol. The van der Waals surface area contributed by atoms with E-state index < -0.39 is 12.1 Å². The Morgan fingerprint density at radius 1 is 1.17 bits per heavy atom. The molecule has 2 rings (SSSR count). The van der Waals surface area contributed by atoms with Gasteiger partial charge >= 0.3 is 5.97 Å². The van der Waals surface area contributed by atoms with Crippen LogP contribution in [-0.4, -0.2) is 27.4 Å². The zero-order valence-corrected chi connectivity index (χ0v) is 18.4. The average Bonchev–Trinajstić information content (AvgIpc) is 3.13. The van der Waals surface area contributed by atoms with E-state index in [1.54, 1.807) is 0 Å². The zero-order valence-electron chi connectivity index (χ0n) is 18.4. The monoisotopic (exact) mass is 404 g/mol.